The van der Waals surface area contributed by atoms with Gasteiger partial charge in [-0.2, -0.15) is 0 Å². The minimum Gasteiger partial charge on any atom is -0.497 e. The lowest BCUT2D eigenvalue weighted by Crippen LogP contribution is -2.66. The van der Waals surface area contributed by atoms with E-state index in [9.17, 15) is 19.5 Å². The Balaban J connectivity index is 1.60. The first-order valence-corrected chi connectivity index (χ1v) is 12.2. The number of carboxylic acid groups (broad SMARTS) is 1. The van der Waals surface area contributed by atoms with Crippen LogP contribution in [0.25, 0.3) is 0 Å². The van der Waals surface area contributed by atoms with Crippen molar-refractivity contribution < 1.29 is 29.0 Å². The number of pyridine rings is 1. The fraction of sp³-hybridized carbons (Fsp3) is 0.310. The summed E-state index contributed by atoms with van der Waals surface area (Å²) in [5.74, 6) is -2.18. The summed E-state index contributed by atoms with van der Waals surface area (Å²) in [5, 5.41) is 9.93. The van der Waals surface area contributed by atoms with Crippen LogP contribution in [-0.2, 0) is 27.2 Å². The Hall–Kier alpha value is -4.20. The lowest BCUT2D eigenvalue weighted by atomic mass is 9.80. The number of methoxy groups -OCH3 is 2. The summed E-state index contributed by atoms with van der Waals surface area (Å²) in [4.78, 5) is 43.9. The molecular formula is C29H30N2O6. The third kappa shape index (κ3) is 5.48. The number of imide groups is 1. The SMILES string of the molecule is CCc1cc(C[C@H]2C(=O)N(C(=O)CC(c3cccc(OC)c3)c3cccc(OC)c3)[C@@H]2C(=O)O)ccn1. The van der Waals surface area contributed by atoms with Crippen molar-refractivity contribution in [3.05, 3.63) is 89.2 Å². The molecule has 2 amide bonds. The van der Waals surface area contributed by atoms with Gasteiger partial charge in [-0.3, -0.25) is 19.5 Å². The predicted octanol–water partition coefficient (Wildman–Crippen LogP) is 3.86. The van der Waals surface area contributed by atoms with Crippen LogP contribution in [0.5, 0.6) is 11.5 Å². The molecule has 3 aromatic rings. The van der Waals surface area contributed by atoms with Crippen LogP contribution in [0.1, 0.15) is 41.6 Å². The van der Waals surface area contributed by atoms with Gasteiger partial charge in [-0.15, -0.1) is 0 Å². The maximum atomic E-state index is 13.5. The van der Waals surface area contributed by atoms with E-state index in [4.69, 9.17) is 9.47 Å². The molecule has 2 heterocycles. The van der Waals surface area contributed by atoms with Crippen molar-refractivity contribution in [2.45, 2.75) is 38.1 Å². The fourth-order valence-electron chi connectivity index (χ4n) is 4.83. The lowest BCUT2D eigenvalue weighted by molar-refractivity contribution is -0.177. The van der Waals surface area contributed by atoms with Crippen LogP contribution in [0.4, 0.5) is 0 Å². The molecule has 0 aliphatic carbocycles. The number of likely N-dealkylation sites (tertiary alicyclic amines) is 1. The molecule has 0 bridgehead atoms. The standard InChI is InChI=1S/C29H30N2O6/c1-4-21-13-18(11-12-30-21)14-25-27(29(34)35)31(28(25)33)26(32)17-24(19-7-5-9-22(15-19)36-2)20-8-6-10-23(16-20)37-3/h5-13,15-16,24-25,27H,4,14,17H2,1-3H3,(H,34,35)/t25-,27+/m1/s1. The second-order valence-electron chi connectivity index (χ2n) is 9.01. The molecule has 1 aromatic heterocycles. The largest absolute Gasteiger partial charge is 0.497 e. The van der Waals surface area contributed by atoms with Crippen LogP contribution in [0, 0.1) is 5.92 Å². The molecule has 1 aliphatic rings. The highest BCUT2D eigenvalue weighted by molar-refractivity contribution is 6.08. The zero-order valence-corrected chi connectivity index (χ0v) is 21.1. The van der Waals surface area contributed by atoms with Crippen LogP contribution in [0.15, 0.2) is 66.9 Å². The Bertz CT molecular complexity index is 1260. The van der Waals surface area contributed by atoms with Gasteiger partial charge in [0.05, 0.1) is 20.1 Å². The fourth-order valence-corrected chi connectivity index (χ4v) is 4.83. The molecule has 8 heteroatoms. The van der Waals surface area contributed by atoms with E-state index >= 15 is 0 Å². The molecule has 192 valence electrons. The number of amides is 2. The first-order chi connectivity index (χ1) is 17.9. The minimum absolute atomic E-state index is 0.0855. The average Bonchev–Trinajstić information content (AvgIpc) is 2.92. The zero-order valence-electron chi connectivity index (χ0n) is 21.1. The van der Waals surface area contributed by atoms with Crippen LogP contribution >= 0.6 is 0 Å². The van der Waals surface area contributed by atoms with Crippen molar-refractivity contribution in [3.8, 4) is 11.5 Å². The third-order valence-electron chi connectivity index (χ3n) is 6.81. The van der Waals surface area contributed by atoms with E-state index in [0.29, 0.717) is 11.5 Å². The summed E-state index contributed by atoms with van der Waals surface area (Å²) < 4.78 is 10.7. The molecule has 1 aliphatic heterocycles. The highest BCUT2D eigenvalue weighted by Crippen LogP contribution is 2.36. The number of ether oxygens (including phenoxy) is 2. The molecule has 1 N–H and O–H groups in total. The monoisotopic (exact) mass is 502 g/mol. The predicted molar refractivity (Wildman–Crippen MR) is 137 cm³/mol. The summed E-state index contributed by atoms with van der Waals surface area (Å²) in [6.07, 6.45) is 2.54. The zero-order chi connectivity index (χ0) is 26.5. The number of aryl methyl sites for hydroxylation is 1. The Morgan fingerprint density at radius 2 is 1.62 bits per heavy atom. The number of carboxylic acids is 1. The van der Waals surface area contributed by atoms with E-state index in [-0.39, 0.29) is 12.8 Å². The normalized spacial score (nSPS) is 16.9. The van der Waals surface area contributed by atoms with Crippen LogP contribution in [-0.4, -0.2) is 53.0 Å². The molecule has 0 spiro atoms. The molecule has 0 unspecified atom stereocenters. The van der Waals surface area contributed by atoms with E-state index in [1.165, 1.54) is 0 Å². The van der Waals surface area contributed by atoms with Crippen LogP contribution in [0.2, 0.25) is 0 Å². The Labute approximate surface area is 215 Å². The quantitative estimate of drug-likeness (QED) is 0.420. The van der Waals surface area contributed by atoms with Gasteiger partial charge in [0.1, 0.15) is 17.5 Å². The summed E-state index contributed by atoms with van der Waals surface area (Å²) in [7, 11) is 3.13. The first-order valence-electron chi connectivity index (χ1n) is 12.2. The van der Waals surface area contributed by atoms with Crippen molar-refractivity contribution in [2.75, 3.05) is 14.2 Å². The van der Waals surface area contributed by atoms with Gasteiger partial charge in [0.25, 0.3) is 0 Å². The van der Waals surface area contributed by atoms with Crippen molar-refractivity contribution in [2.24, 2.45) is 5.92 Å². The molecule has 2 aromatic carbocycles. The maximum Gasteiger partial charge on any atom is 0.327 e. The summed E-state index contributed by atoms with van der Waals surface area (Å²) >= 11 is 0. The number of nitrogens with zero attached hydrogens (tertiary/aromatic N) is 2. The van der Waals surface area contributed by atoms with Gasteiger partial charge in [0.15, 0.2) is 0 Å². The van der Waals surface area contributed by atoms with Gasteiger partial charge in [-0.05, 0) is 65.9 Å². The highest BCUT2D eigenvalue weighted by atomic mass is 16.5. The number of hydrogen-bond donors (Lipinski definition) is 1. The average molecular weight is 503 g/mol. The Morgan fingerprint density at radius 3 is 2.16 bits per heavy atom. The highest BCUT2D eigenvalue weighted by Gasteiger charge is 2.54. The van der Waals surface area contributed by atoms with Gasteiger partial charge < -0.3 is 14.6 Å². The molecule has 37 heavy (non-hydrogen) atoms. The van der Waals surface area contributed by atoms with Gasteiger partial charge in [0.2, 0.25) is 11.8 Å². The van der Waals surface area contributed by atoms with Crippen molar-refractivity contribution in [1.29, 1.82) is 0 Å². The van der Waals surface area contributed by atoms with Gasteiger partial charge >= 0.3 is 5.97 Å². The third-order valence-corrected chi connectivity index (χ3v) is 6.81. The number of hydrogen-bond acceptors (Lipinski definition) is 6. The lowest BCUT2D eigenvalue weighted by Gasteiger charge is -2.43. The number of aromatic nitrogens is 1. The molecule has 8 nitrogen and oxygen atoms in total. The van der Waals surface area contributed by atoms with Crippen LogP contribution < -0.4 is 9.47 Å². The second-order valence-corrected chi connectivity index (χ2v) is 9.01. The molecule has 2 atom stereocenters. The first kappa shape index (κ1) is 25.9. The molecule has 0 radical (unpaired) electrons. The number of benzene rings is 2. The summed E-state index contributed by atoms with van der Waals surface area (Å²) in [5.41, 5.74) is 3.31. The van der Waals surface area contributed by atoms with Gasteiger partial charge in [-0.25, -0.2) is 4.79 Å². The molecule has 0 saturated carbocycles. The van der Waals surface area contributed by atoms with E-state index in [2.05, 4.69) is 4.98 Å². The Morgan fingerprint density at radius 1 is 1.00 bits per heavy atom. The van der Waals surface area contributed by atoms with Crippen LogP contribution in [0.3, 0.4) is 0 Å². The number of aliphatic carboxylic acids is 1. The van der Waals surface area contributed by atoms with E-state index < -0.39 is 35.7 Å². The number of carbonyl (C=O) groups excluding carboxylic acids is 2. The second kappa shape index (κ2) is 11.2. The molecule has 1 fully saturated rings. The Kier molecular flexibility index (Phi) is 7.86. The summed E-state index contributed by atoms with van der Waals surface area (Å²) in [6.45, 7) is 1.97. The number of carbonyl (C=O) groups is 3. The maximum absolute atomic E-state index is 13.5. The van der Waals surface area contributed by atoms with E-state index in [1.807, 2.05) is 49.4 Å². The molecule has 4 rings (SSSR count). The smallest absolute Gasteiger partial charge is 0.327 e. The van der Waals surface area contributed by atoms with Crippen molar-refractivity contribution in [3.63, 3.8) is 0 Å². The number of rotatable bonds is 10. The molecule has 1 saturated heterocycles. The van der Waals surface area contributed by atoms with E-state index in [1.54, 1.807) is 38.6 Å². The molecular weight excluding hydrogens is 472 g/mol. The minimum atomic E-state index is -1.21. The summed E-state index contributed by atoms with van der Waals surface area (Å²) in [6, 6.07) is 17.1. The van der Waals surface area contributed by atoms with Gasteiger partial charge in [0, 0.05) is 24.2 Å². The number of β-lactam (4-membered cyclic amide) rings is 1. The van der Waals surface area contributed by atoms with Crippen molar-refractivity contribution in [1.82, 2.24) is 9.88 Å². The topological polar surface area (TPSA) is 106 Å². The van der Waals surface area contributed by atoms with Gasteiger partial charge in [-0.1, -0.05) is 31.2 Å². The van der Waals surface area contributed by atoms with Crippen molar-refractivity contribution >= 4 is 17.8 Å². The van der Waals surface area contributed by atoms with E-state index in [0.717, 1.165) is 33.7 Å².